The van der Waals surface area contributed by atoms with Crippen molar-refractivity contribution in [3.05, 3.63) is 23.3 Å². The topological polar surface area (TPSA) is 82.2 Å². The van der Waals surface area contributed by atoms with Crippen molar-refractivity contribution in [3.8, 4) is 0 Å². The maximum atomic E-state index is 13.3. The van der Waals surface area contributed by atoms with Gasteiger partial charge in [0.25, 0.3) is 0 Å². The minimum atomic E-state index is -0.0850. The summed E-state index contributed by atoms with van der Waals surface area (Å²) in [5, 5.41) is 3.45. The molecule has 0 radical (unpaired) electrons. The van der Waals surface area contributed by atoms with E-state index in [0.29, 0.717) is 24.4 Å². The van der Waals surface area contributed by atoms with Crippen molar-refractivity contribution in [1.29, 1.82) is 0 Å². The first kappa shape index (κ1) is 18.5. The van der Waals surface area contributed by atoms with Crippen molar-refractivity contribution in [3.63, 3.8) is 0 Å². The van der Waals surface area contributed by atoms with E-state index in [4.69, 9.17) is 4.98 Å². The molecule has 1 amide bonds. The Kier molecular flexibility index (Phi) is 5.30. The number of fused-ring (bicyclic) bond motifs is 2. The summed E-state index contributed by atoms with van der Waals surface area (Å²) in [7, 11) is 0. The molecular formula is C21H32N6O. The fraction of sp³-hybridized carbons (Fsp3) is 0.762. The van der Waals surface area contributed by atoms with Gasteiger partial charge in [-0.05, 0) is 32.2 Å². The third-order valence-corrected chi connectivity index (χ3v) is 7.11. The van der Waals surface area contributed by atoms with E-state index in [1.807, 2.05) is 11.1 Å². The highest BCUT2D eigenvalue weighted by Gasteiger charge is 2.42. The van der Waals surface area contributed by atoms with Gasteiger partial charge in [-0.15, -0.1) is 0 Å². The number of carbonyl (C=O) groups is 1. The number of nitrogens with zero attached hydrogens (tertiary/aromatic N) is 3. The van der Waals surface area contributed by atoms with Gasteiger partial charge in [0.05, 0.1) is 5.69 Å². The molecule has 1 saturated carbocycles. The highest BCUT2D eigenvalue weighted by atomic mass is 16.2. The zero-order chi connectivity index (χ0) is 18.9. The Bertz CT molecular complexity index is 719. The van der Waals surface area contributed by atoms with E-state index in [-0.39, 0.29) is 11.9 Å². The first-order valence-corrected chi connectivity index (χ1v) is 11.1. The van der Waals surface area contributed by atoms with Crippen LogP contribution in [0, 0.1) is 5.92 Å². The molecule has 4 aliphatic rings. The van der Waals surface area contributed by atoms with E-state index < -0.39 is 0 Å². The number of amides is 1. The van der Waals surface area contributed by atoms with Crippen LogP contribution in [-0.4, -0.2) is 52.5 Å². The second-order valence-electron chi connectivity index (χ2n) is 8.93. The molecule has 2 saturated heterocycles. The maximum Gasteiger partial charge on any atom is 0.241 e. The Morgan fingerprint density at radius 1 is 1.11 bits per heavy atom. The molecule has 0 spiro atoms. The molecular weight excluding hydrogens is 352 g/mol. The highest BCUT2D eigenvalue weighted by molar-refractivity contribution is 5.83. The summed E-state index contributed by atoms with van der Waals surface area (Å²) >= 11 is 0. The minimum absolute atomic E-state index is 0.0850. The van der Waals surface area contributed by atoms with Crippen LogP contribution >= 0.6 is 0 Å². The summed E-state index contributed by atoms with van der Waals surface area (Å²) in [6, 6.07) is 0.363. The van der Waals surface area contributed by atoms with Gasteiger partial charge in [0.15, 0.2) is 0 Å². The Morgan fingerprint density at radius 2 is 2.04 bits per heavy atom. The molecule has 4 unspecified atom stereocenters. The van der Waals surface area contributed by atoms with E-state index in [0.717, 1.165) is 49.6 Å². The number of hydrogen-bond acceptors (Lipinski definition) is 6. The van der Waals surface area contributed by atoms with Crippen molar-refractivity contribution in [1.82, 2.24) is 31.0 Å². The summed E-state index contributed by atoms with van der Waals surface area (Å²) in [5.74, 6) is 2.08. The molecule has 4 atom stereocenters. The molecule has 28 heavy (non-hydrogen) atoms. The fourth-order valence-corrected chi connectivity index (χ4v) is 5.45. The smallest absolute Gasteiger partial charge is 0.241 e. The molecule has 0 aromatic carbocycles. The lowest BCUT2D eigenvalue weighted by Gasteiger charge is -2.32. The van der Waals surface area contributed by atoms with Gasteiger partial charge in [-0.25, -0.2) is 15.4 Å². The van der Waals surface area contributed by atoms with Crippen molar-refractivity contribution in [2.45, 2.75) is 75.9 Å². The summed E-state index contributed by atoms with van der Waals surface area (Å²) in [6.07, 6.45) is 11.3. The zero-order valence-electron chi connectivity index (χ0n) is 16.6. The van der Waals surface area contributed by atoms with Gasteiger partial charge in [-0.2, -0.15) is 0 Å². The molecule has 7 heteroatoms. The van der Waals surface area contributed by atoms with Crippen LogP contribution in [-0.2, 0) is 17.8 Å². The third kappa shape index (κ3) is 3.55. The fourth-order valence-electron chi connectivity index (χ4n) is 5.45. The number of carbonyl (C=O) groups excluding carboxylic acids is 1. The number of hydrogen-bond donors (Lipinski definition) is 3. The summed E-state index contributed by atoms with van der Waals surface area (Å²) in [6.45, 7) is 3.49. The number of piperidine rings is 1. The number of hydrazine groups is 1. The molecule has 3 N–H and O–H groups in total. The summed E-state index contributed by atoms with van der Waals surface area (Å²) in [5.41, 5.74) is 8.99. The molecule has 1 aliphatic carbocycles. The van der Waals surface area contributed by atoms with Crippen LogP contribution in [0.5, 0.6) is 0 Å². The van der Waals surface area contributed by atoms with Crippen LogP contribution in [0.15, 0.2) is 6.20 Å². The summed E-state index contributed by atoms with van der Waals surface area (Å²) < 4.78 is 0. The SMILES string of the molecule is O=C(C1NNC2CCCCCC21)N1CCc2nc(C3CCCNC3)ncc2C1. The van der Waals surface area contributed by atoms with Gasteiger partial charge in [0.1, 0.15) is 11.9 Å². The van der Waals surface area contributed by atoms with Crippen LogP contribution in [0.25, 0.3) is 0 Å². The predicted molar refractivity (Wildman–Crippen MR) is 106 cm³/mol. The van der Waals surface area contributed by atoms with Gasteiger partial charge in [0.2, 0.25) is 5.91 Å². The molecule has 7 nitrogen and oxygen atoms in total. The quantitative estimate of drug-likeness (QED) is 0.712. The lowest BCUT2D eigenvalue weighted by atomic mass is 9.89. The molecule has 0 bridgehead atoms. The Labute approximate surface area is 167 Å². The normalized spacial score (nSPS) is 33.1. The van der Waals surface area contributed by atoms with E-state index in [1.165, 1.54) is 38.5 Å². The number of aromatic nitrogens is 2. The Morgan fingerprint density at radius 3 is 2.93 bits per heavy atom. The lowest BCUT2D eigenvalue weighted by molar-refractivity contribution is -0.135. The van der Waals surface area contributed by atoms with E-state index in [1.54, 1.807) is 0 Å². The second-order valence-corrected chi connectivity index (χ2v) is 8.93. The highest BCUT2D eigenvalue weighted by Crippen LogP contribution is 2.31. The van der Waals surface area contributed by atoms with Gasteiger partial charge in [0, 0.05) is 55.7 Å². The van der Waals surface area contributed by atoms with Gasteiger partial charge < -0.3 is 10.2 Å². The van der Waals surface area contributed by atoms with Crippen molar-refractivity contribution >= 4 is 5.91 Å². The van der Waals surface area contributed by atoms with Crippen LogP contribution < -0.4 is 16.2 Å². The lowest BCUT2D eigenvalue weighted by Crippen LogP contribution is -2.49. The van der Waals surface area contributed by atoms with Gasteiger partial charge in [-0.3, -0.25) is 10.2 Å². The monoisotopic (exact) mass is 384 g/mol. The van der Waals surface area contributed by atoms with E-state index >= 15 is 0 Å². The first-order valence-electron chi connectivity index (χ1n) is 11.1. The van der Waals surface area contributed by atoms with Crippen LogP contribution in [0.1, 0.15) is 67.9 Å². The Balaban J connectivity index is 1.27. The standard InChI is InChI=1S/C21H32N6O/c28-21(19-16-6-2-1-3-7-18(16)25-26-19)27-10-8-17-15(13-27)12-23-20(24-17)14-5-4-9-22-11-14/h12,14,16,18-19,22,25-26H,1-11,13H2. The maximum absolute atomic E-state index is 13.3. The third-order valence-electron chi connectivity index (χ3n) is 7.11. The molecule has 3 fully saturated rings. The Hall–Kier alpha value is -1.57. The van der Waals surface area contributed by atoms with Crippen LogP contribution in [0.3, 0.4) is 0 Å². The van der Waals surface area contributed by atoms with Crippen molar-refractivity contribution in [2.24, 2.45) is 5.92 Å². The number of rotatable bonds is 2. The average molecular weight is 385 g/mol. The summed E-state index contributed by atoms with van der Waals surface area (Å²) in [4.78, 5) is 24.8. The van der Waals surface area contributed by atoms with Crippen molar-refractivity contribution in [2.75, 3.05) is 19.6 Å². The van der Waals surface area contributed by atoms with Gasteiger partial charge in [-0.1, -0.05) is 19.3 Å². The minimum Gasteiger partial charge on any atom is -0.336 e. The first-order chi connectivity index (χ1) is 13.8. The zero-order valence-corrected chi connectivity index (χ0v) is 16.6. The molecule has 152 valence electrons. The number of nitrogens with one attached hydrogen (secondary N) is 3. The molecule has 4 heterocycles. The molecule has 3 aliphatic heterocycles. The van der Waals surface area contributed by atoms with Crippen molar-refractivity contribution < 1.29 is 4.79 Å². The van der Waals surface area contributed by atoms with Crippen LogP contribution in [0.2, 0.25) is 0 Å². The van der Waals surface area contributed by atoms with Crippen LogP contribution in [0.4, 0.5) is 0 Å². The molecule has 1 aromatic heterocycles. The van der Waals surface area contributed by atoms with Gasteiger partial charge >= 0.3 is 0 Å². The average Bonchev–Trinajstić information content (AvgIpc) is 3.01. The molecule has 1 aromatic rings. The van der Waals surface area contributed by atoms with E-state index in [2.05, 4.69) is 21.2 Å². The second kappa shape index (κ2) is 8.05. The molecule has 5 rings (SSSR count). The van der Waals surface area contributed by atoms with E-state index in [9.17, 15) is 4.79 Å². The largest absolute Gasteiger partial charge is 0.336 e. The predicted octanol–water partition coefficient (Wildman–Crippen LogP) is 1.25.